The van der Waals surface area contributed by atoms with Gasteiger partial charge in [0.1, 0.15) is 9.79 Å². The molecule has 0 fully saturated rings. The highest BCUT2D eigenvalue weighted by Crippen LogP contribution is 2.46. The highest BCUT2D eigenvalue weighted by Gasteiger charge is 2.59. The summed E-state index contributed by atoms with van der Waals surface area (Å²) in [4.78, 5) is 1.97. The zero-order chi connectivity index (χ0) is 25.7. The van der Waals surface area contributed by atoms with Crippen LogP contribution in [0.4, 0.5) is 39.5 Å². The second kappa shape index (κ2) is 8.35. The van der Waals surface area contributed by atoms with Gasteiger partial charge in [0.25, 0.3) is 29.5 Å². The van der Waals surface area contributed by atoms with Crippen LogP contribution in [-0.4, -0.2) is 46.9 Å². The van der Waals surface area contributed by atoms with E-state index in [0.717, 1.165) is 6.92 Å². The van der Waals surface area contributed by atoms with Gasteiger partial charge in [0.15, 0.2) is 5.12 Å². The fourth-order valence-electron chi connectivity index (χ4n) is 2.00. The minimum Gasteiger partial charge on any atom is -0.288 e. The molecule has 0 N–H and O–H groups in total. The maximum atomic E-state index is 13.1. The number of rotatable bonds is 5. The number of benzene rings is 1. The fraction of sp³-hybridized carbons (Fsp3) is 0.417. The topological polar surface area (TPSA) is 119 Å². The van der Waals surface area contributed by atoms with E-state index in [-0.39, 0.29) is 17.8 Å². The number of carbonyl (C=O) groups is 1. The number of alkyl halides is 9. The first-order chi connectivity index (χ1) is 13.9. The first-order valence-corrected chi connectivity index (χ1v) is 12.6. The van der Waals surface area contributed by atoms with E-state index in [0.29, 0.717) is 0 Å². The second-order valence-electron chi connectivity index (χ2n) is 5.51. The van der Waals surface area contributed by atoms with Crippen molar-refractivity contribution in [2.24, 2.45) is 0 Å². The van der Waals surface area contributed by atoms with Crippen LogP contribution >= 0.6 is 11.8 Å². The van der Waals surface area contributed by atoms with Gasteiger partial charge in [-0.3, -0.25) is 4.79 Å². The van der Waals surface area contributed by atoms with Crippen molar-refractivity contribution in [2.75, 3.05) is 0 Å². The summed E-state index contributed by atoms with van der Waals surface area (Å²) < 4.78 is 188. The fourth-order valence-corrected chi connectivity index (χ4v) is 6.92. The summed E-state index contributed by atoms with van der Waals surface area (Å²) in [5.74, 6) is -1.26. The SMILES string of the molecule is CC(=O)SCc1ccc(S(=O)(=O)C(F)(F)F)c(S(=O)(=O)C(F)(F)F)c1S(=O)(=O)C(F)(F)F. The molecule has 0 unspecified atom stereocenters. The predicted octanol–water partition coefficient (Wildman–Crippen LogP) is 3.35. The quantitative estimate of drug-likeness (QED) is 0.502. The second-order valence-corrected chi connectivity index (χ2v) is 12.3. The summed E-state index contributed by atoms with van der Waals surface area (Å²) in [5.41, 5.74) is -21.3. The van der Waals surface area contributed by atoms with Crippen LogP contribution < -0.4 is 0 Å². The summed E-state index contributed by atoms with van der Waals surface area (Å²) in [6.07, 6.45) is 0. The van der Waals surface area contributed by atoms with Crippen LogP contribution in [0.3, 0.4) is 0 Å². The van der Waals surface area contributed by atoms with E-state index in [1.165, 1.54) is 0 Å². The smallest absolute Gasteiger partial charge is 0.288 e. The van der Waals surface area contributed by atoms with Crippen molar-refractivity contribution in [3.8, 4) is 0 Å². The molecule has 7 nitrogen and oxygen atoms in total. The van der Waals surface area contributed by atoms with Crippen molar-refractivity contribution in [1.82, 2.24) is 0 Å². The van der Waals surface area contributed by atoms with Gasteiger partial charge in [0.05, 0.1) is 4.90 Å². The average Bonchev–Trinajstić information content (AvgIpc) is 2.55. The third kappa shape index (κ3) is 5.01. The molecule has 0 aliphatic carbocycles. The van der Waals surface area contributed by atoms with Crippen LogP contribution in [0, 0.1) is 0 Å². The first kappa shape index (κ1) is 28.5. The van der Waals surface area contributed by atoms with Crippen LogP contribution in [-0.2, 0) is 40.1 Å². The third-order valence-electron chi connectivity index (χ3n) is 3.33. The van der Waals surface area contributed by atoms with E-state index < -0.39 is 83.2 Å². The molecule has 20 heteroatoms. The molecule has 0 atom stereocenters. The molecule has 32 heavy (non-hydrogen) atoms. The molecule has 0 radical (unpaired) electrons. The van der Waals surface area contributed by atoms with Crippen molar-refractivity contribution >= 4 is 46.4 Å². The number of sulfone groups is 3. The Bertz CT molecular complexity index is 1240. The number of hydrogen-bond donors (Lipinski definition) is 0. The summed E-state index contributed by atoms with van der Waals surface area (Å²) >= 11 is -0.0474. The molecule has 1 aromatic carbocycles. The van der Waals surface area contributed by atoms with Gasteiger partial charge in [0, 0.05) is 12.7 Å². The normalized spacial score (nSPS) is 14.4. The van der Waals surface area contributed by atoms with Gasteiger partial charge < -0.3 is 0 Å². The summed E-state index contributed by atoms with van der Waals surface area (Å²) in [7, 11) is -21.7. The Morgan fingerprint density at radius 2 is 1.09 bits per heavy atom. The number of hydrogen-bond acceptors (Lipinski definition) is 8. The number of thioether (sulfide) groups is 1. The molecule has 0 heterocycles. The van der Waals surface area contributed by atoms with Gasteiger partial charge in [-0.05, 0) is 11.6 Å². The van der Waals surface area contributed by atoms with Crippen molar-refractivity contribution in [2.45, 2.75) is 43.9 Å². The Kier molecular flexibility index (Phi) is 7.43. The van der Waals surface area contributed by atoms with Crippen molar-refractivity contribution in [1.29, 1.82) is 0 Å². The molecule has 0 saturated carbocycles. The Balaban J connectivity index is 4.50. The molecule has 1 aromatic rings. The van der Waals surface area contributed by atoms with E-state index in [1.54, 1.807) is 0 Å². The van der Waals surface area contributed by atoms with E-state index >= 15 is 0 Å². The summed E-state index contributed by atoms with van der Waals surface area (Å²) in [6.45, 7) is 0.762. The minimum absolute atomic E-state index is 0.0474. The summed E-state index contributed by atoms with van der Waals surface area (Å²) in [6, 6.07) is -0.505. The van der Waals surface area contributed by atoms with E-state index in [4.69, 9.17) is 0 Å². The first-order valence-electron chi connectivity index (χ1n) is 7.14. The molecule has 0 aliphatic rings. The molecule has 184 valence electrons. The summed E-state index contributed by atoms with van der Waals surface area (Å²) in [5, 5.41) is -0.965. The average molecular weight is 562 g/mol. The zero-order valence-corrected chi connectivity index (χ0v) is 18.0. The maximum Gasteiger partial charge on any atom is 0.502 e. The molecule has 0 amide bonds. The van der Waals surface area contributed by atoms with Gasteiger partial charge in [0.2, 0.25) is 0 Å². The lowest BCUT2D eigenvalue weighted by atomic mass is 10.2. The molecular formula is C12H7F9O7S4. The lowest BCUT2D eigenvalue weighted by molar-refractivity contribution is -0.109. The van der Waals surface area contributed by atoms with Crippen LogP contribution in [0.1, 0.15) is 12.5 Å². The van der Waals surface area contributed by atoms with Crippen LogP contribution in [0.5, 0.6) is 0 Å². The van der Waals surface area contributed by atoms with E-state index in [9.17, 15) is 69.6 Å². The lowest BCUT2D eigenvalue weighted by Gasteiger charge is -2.21. The molecule has 1 rings (SSSR count). The highest BCUT2D eigenvalue weighted by atomic mass is 32.2. The standard InChI is InChI=1S/C12H7F9O7S4/c1-5(22)29-4-6-2-3-7(30(23,24)10(13,14)15)9(32(27,28)12(19,20)21)8(6)31(25,26)11(16,17)18/h2-3H,4H2,1H3. The predicted molar refractivity (Wildman–Crippen MR) is 88.1 cm³/mol. The molecule has 0 bridgehead atoms. The zero-order valence-electron chi connectivity index (χ0n) is 14.8. The van der Waals surface area contributed by atoms with Crippen molar-refractivity contribution in [3.05, 3.63) is 17.7 Å². The van der Waals surface area contributed by atoms with Gasteiger partial charge in [-0.15, -0.1) is 0 Å². The minimum atomic E-state index is -7.44. The molecule has 0 spiro atoms. The van der Waals surface area contributed by atoms with Crippen molar-refractivity contribution in [3.63, 3.8) is 0 Å². The van der Waals surface area contributed by atoms with Crippen LogP contribution in [0.2, 0.25) is 0 Å². The van der Waals surface area contributed by atoms with Gasteiger partial charge in [-0.25, -0.2) is 25.3 Å². The largest absolute Gasteiger partial charge is 0.502 e. The van der Waals surface area contributed by atoms with Gasteiger partial charge >= 0.3 is 16.5 Å². The Hall–Kier alpha value is -1.54. The Morgan fingerprint density at radius 1 is 0.719 bits per heavy atom. The highest BCUT2D eigenvalue weighted by molar-refractivity contribution is 8.12. The Labute approximate surface area is 177 Å². The molecule has 0 saturated heterocycles. The van der Waals surface area contributed by atoms with Gasteiger partial charge in [-0.2, -0.15) is 39.5 Å². The molecular weight excluding hydrogens is 555 g/mol. The number of halogens is 9. The van der Waals surface area contributed by atoms with Crippen LogP contribution in [0.15, 0.2) is 26.8 Å². The molecule has 0 aromatic heterocycles. The lowest BCUT2D eigenvalue weighted by Crippen LogP contribution is -2.33. The van der Waals surface area contributed by atoms with E-state index in [2.05, 4.69) is 0 Å². The monoisotopic (exact) mass is 562 g/mol. The van der Waals surface area contributed by atoms with Crippen molar-refractivity contribution < 1.29 is 69.6 Å². The molecule has 0 aliphatic heterocycles. The van der Waals surface area contributed by atoms with E-state index in [1.807, 2.05) is 0 Å². The maximum absolute atomic E-state index is 13.1. The number of carbonyl (C=O) groups excluding carboxylic acids is 1. The van der Waals surface area contributed by atoms with Crippen LogP contribution in [0.25, 0.3) is 0 Å². The van der Waals surface area contributed by atoms with Gasteiger partial charge in [-0.1, -0.05) is 17.8 Å². The third-order valence-corrected chi connectivity index (χ3v) is 9.16. The Morgan fingerprint density at radius 3 is 1.44 bits per heavy atom.